The number of primary amides is 1. The zero-order chi connectivity index (χ0) is 21.4. The lowest BCUT2D eigenvalue weighted by molar-refractivity contribution is -0.113. The summed E-state index contributed by atoms with van der Waals surface area (Å²) in [5.41, 5.74) is 10.7. The number of hydrogen-bond donors (Lipinski definition) is 2. The molecule has 0 saturated carbocycles. The fraction of sp³-hybridized carbons (Fsp3) is 0.174. The number of para-hydroxylation sites is 1. The Morgan fingerprint density at radius 3 is 2.53 bits per heavy atom. The van der Waals surface area contributed by atoms with Crippen LogP contribution in [0, 0.1) is 20.8 Å². The van der Waals surface area contributed by atoms with Crippen LogP contribution in [0.5, 0.6) is 0 Å². The topological polar surface area (TPSA) is 98.2 Å². The SMILES string of the molecule is Cc1nc(SCC(=O)Nc2ccc3oc4ccccc4c3c2)c(C(N)=O)c(C)c1C. The van der Waals surface area contributed by atoms with Gasteiger partial charge in [0, 0.05) is 22.2 Å². The number of aromatic nitrogens is 1. The van der Waals surface area contributed by atoms with Gasteiger partial charge >= 0.3 is 0 Å². The zero-order valence-electron chi connectivity index (χ0n) is 16.9. The molecular formula is C23H21N3O3S. The molecule has 3 N–H and O–H groups in total. The lowest BCUT2D eigenvalue weighted by Gasteiger charge is -2.13. The molecule has 0 aliphatic rings. The summed E-state index contributed by atoms with van der Waals surface area (Å²) in [6, 6.07) is 13.3. The van der Waals surface area contributed by atoms with E-state index in [1.807, 2.05) is 57.2 Å². The number of nitrogens with one attached hydrogen (secondary N) is 1. The zero-order valence-corrected chi connectivity index (χ0v) is 17.7. The first-order valence-electron chi connectivity index (χ1n) is 9.46. The van der Waals surface area contributed by atoms with E-state index < -0.39 is 5.91 Å². The third-order valence-electron chi connectivity index (χ3n) is 5.21. The normalized spacial score (nSPS) is 11.2. The largest absolute Gasteiger partial charge is 0.456 e. The van der Waals surface area contributed by atoms with Gasteiger partial charge in [0.1, 0.15) is 16.2 Å². The van der Waals surface area contributed by atoms with Crippen molar-refractivity contribution >= 4 is 51.2 Å². The van der Waals surface area contributed by atoms with Crippen molar-refractivity contribution in [2.24, 2.45) is 5.73 Å². The van der Waals surface area contributed by atoms with Crippen molar-refractivity contribution in [2.45, 2.75) is 25.8 Å². The number of fused-ring (bicyclic) bond motifs is 3. The molecule has 0 aliphatic heterocycles. The van der Waals surface area contributed by atoms with Crippen molar-refractivity contribution in [1.82, 2.24) is 4.98 Å². The molecule has 4 aromatic rings. The third kappa shape index (κ3) is 3.64. The Labute approximate surface area is 177 Å². The van der Waals surface area contributed by atoms with E-state index in [-0.39, 0.29) is 11.7 Å². The highest BCUT2D eigenvalue weighted by molar-refractivity contribution is 8.00. The number of thioether (sulfide) groups is 1. The molecule has 0 saturated heterocycles. The number of carbonyl (C=O) groups excluding carboxylic acids is 2. The third-order valence-corrected chi connectivity index (χ3v) is 6.19. The smallest absolute Gasteiger partial charge is 0.251 e. The Balaban J connectivity index is 1.53. The molecule has 2 aromatic heterocycles. The lowest BCUT2D eigenvalue weighted by atomic mass is 10.0. The maximum Gasteiger partial charge on any atom is 0.251 e. The summed E-state index contributed by atoms with van der Waals surface area (Å²) in [4.78, 5) is 28.9. The first kappa shape index (κ1) is 20.0. The Hall–Kier alpha value is -3.32. The van der Waals surface area contributed by atoms with E-state index in [1.165, 1.54) is 11.8 Å². The molecule has 0 bridgehead atoms. The van der Waals surface area contributed by atoms with E-state index in [2.05, 4.69) is 10.3 Å². The van der Waals surface area contributed by atoms with Gasteiger partial charge in [-0.25, -0.2) is 4.98 Å². The first-order valence-corrected chi connectivity index (χ1v) is 10.4. The summed E-state index contributed by atoms with van der Waals surface area (Å²) in [6.07, 6.45) is 0. The number of aryl methyl sites for hydroxylation is 1. The fourth-order valence-electron chi connectivity index (χ4n) is 3.44. The van der Waals surface area contributed by atoms with Crippen molar-refractivity contribution < 1.29 is 14.0 Å². The molecule has 0 fully saturated rings. The molecule has 4 rings (SSSR count). The molecular weight excluding hydrogens is 398 g/mol. The summed E-state index contributed by atoms with van der Waals surface area (Å²) < 4.78 is 5.82. The van der Waals surface area contributed by atoms with Crippen molar-refractivity contribution in [3.05, 3.63) is 64.8 Å². The second-order valence-corrected chi connectivity index (χ2v) is 8.10. The minimum atomic E-state index is -0.539. The summed E-state index contributed by atoms with van der Waals surface area (Å²) in [6.45, 7) is 5.63. The van der Waals surface area contributed by atoms with E-state index in [1.54, 1.807) is 6.07 Å². The monoisotopic (exact) mass is 419 g/mol. The number of pyridine rings is 1. The maximum atomic E-state index is 12.5. The molecule has 2 aromatic carbocycles. The van der Waals surface area contributed by atoms with Crippen LogP contribution in [0.1, 0.15) is 27.2 Å². The molecule has 0 unspecified atom stereocenters. The Morgan fingerprint density at radius 2 is 1.77 bits per heavy atom. The van der Waals surface area contributed by atoms with Crippen LogP contribution < -0.4 is 11.1 Å². The van der Waals surface area contributed by atoms with Crippen LogP contribution in [0.4, 0.5) is 5.69 Å². The Morgan fingerprint density at radius 1 is 1.03 bits per heavy atom. The molecule has 2 amide bonds. The van der Waals surface area contributed by atoms with Gasteiger partial charge in [-0.2, -0.15) is 0 Å². The average Bonchev–Trinajstić information content (AvgIpc) is 3.08. The highest BCUT2D eigenvalue weighted by atomic mass is 32.2. The van der Waals surface area contributed by atoms with Crippen LogP contribution in [0.15, 0.2) is 51.9 Å². The second kappa shape index (κ2) is 7.84. The number of carbonyl (C=O) groups is 2. The summed E-state index contributed by atoms with van der Waals surface area (Å²) >= 11 is 1.21. The first-order chi connectivity index (χ1) is 14.3. The molecule has 30 heavy (non-hydrogen) atoms. The summed E-state index contributed by atoms with van der Waals surface area (Å²) in [7, 11) is 0. The molecule has 152 valence electrons. The van der Waals surface area contributed by atoms with Gasteiger partial charge in [0.05, 0.1) is 11.3 Å². The highest BCUT2D eigenvalue weighted by Gasteiger charge is 2.18. The van der Waals surface area contributed by atoms with Crippen LogP contribution >= 0.6 is 11.8 Å². The van der Waals surface area contributed by atoms with Crippen molar-refractivity contribution in [3.8, 4) is 0 Å². The number of hydrogen-bond acceptors (Lipinski definition) is 5. The van der Waals surface area contributed by atoms with Gasteiger partial charge in [0.25, 0.3) is 5.91 Å². The van der Waals surface area contributed by atoms with Crippen LogP contribution in [0.25, 0.3) is 21.9 Å². The average molecular weight is 420 g/mol. The van der Waals surface area contributed by atoms with Gasteiger partial charge < -0.3 is 15.5 Å². The van der Waals surface area contributed by atoms with Gasteiger partial charge in [-0.1, -0.05) is 30.0 Å². The second-order valence-electron chi connectivity index (χ2n) is 7.14. The fourth-order valence-corrected chi connectivity index (χ4v) is 4.38. The number of anilines is 1. The number of furan rings is 1. The van der Waals surface area contributed by atoms with E-state index in [9.17, 15) is 9.59 Å². The molecule has 0 spiro atoms. The van der Waals surface area contributed by atoms with Crippen LogP contribution in [0.2, 0.25) is 0 Å². The molecule has 0 aliphatic carbocycles. The lowest BCUT2D eigenvalue weighted by Crippen LogP contribution is -2.18. The highest BCUT2D eigenvalue weighted by Crippen LogP contribution is 2.31. The van der Waals surface area contributed by atoms with Crippen molar-refractivity contribution in [1.29, 1.82) is 0 Å². The summed E-state index contributed by atoms with van der Waals surface area (Å²) in [5, 5.41) is 5.33. The standard InChI is InChI=1S/C23H21N3O3S/c1-12-13(2)21(22(24)28)23(25-14(12)3)30-11-20(27)26-15-8-9-19-17(10-15)16-6-4-5-7-18(16)29-19/h4-10H,11H2,1-3H3,(H2,24,28)(H,26,27). The number of rotatable bonds is 5. The molecule has 7 heteroatoms. The van der Waals surface area contributed by atoms with Crippen LogP contribution in [-0.2, 0) is 4.79 Å². The van der Waals surface area contributed by atoms with Crippen molar-refractivity contribution in [2.75, 3.05) is 11.1 Å². The van der Waals surface area contributed by atoms with Gasteiger partial charge in [0.2, 0.25) is 5.91 Å². The van der Waals surface area contributed by atoms with Gasteiger partial charge in [-0.3, -0.25) is 9.59 Å². The maximum absolute atomic E-state index is 12.5. The summed E-state index contributed by atoms with van der Waals surface area (Å²) in [5.74, 6) is -0.622. The molecule has 6 nitrogen and oxygen atoms in total. The molecule has 0 radical (unpaired) electrons. The number of amides is 2. The molecule has 2 heterocycles. The molecule has 0 atom stereocenters. The van der Waals surface area contributed by atoms with Gasteiger partial charge in [-0.05, 0) is 56.2 Å². The van der Waals surface area contributed by atoms with E-state index >= 15 is 0 Å². The number of benzene rings is 2. The quantitative estimate of drug-likeness (QED) is 0.456. The Bertz CT molecular complexity index is 1310. The number of nitrogens with two attached hydrogens (primary N) is 1. The van der Waals surface area contributed by atoms with Crippen LogP contribution in [-0.4, -0.2) is 22.6 Å². The Kier molecular flexibility index (Phi) is 5.22. The van der Waals surface area contributed by atoms with Gasteiger partial charge in [0.15, 0.2) is 0 Å². The van der Waals surface area contributed by atoms with E-state index in [0.29, 0.717) is 16.3 Å². The van der Waals surface area contributed by atoms with Gasteiger partial charge in [-0.15, -0.1) is 0 Å². The van der Waals surface area contributed by atoms with E-state index in [4.69, 9.17) is 10.2 Å². The minimum absolute atomic E-state index is 0.111. The van der Waals surface area contributed by atoms with E-state index in [0.717, 1.165) is 38.8 Å². The minimum Gasteiger partial charge on any atom is -0.456 e. The number of nitrogens with zero attached hydrogens (tertiary/aromatic N) is 1. The predicted octanol–water partition coefficient (Wildman–Crippen LogP) is 4.74. The predicted molar refractivity (Wildman–Crippen MR) is 120 cm³/mol. The van der Waals surface area contributed by atoms with Crippen LogP contribution in [0.3, 0.4) is 0 Å². The van der Waals surface area contributed by atoms with Crippen molar-refractivity contribution in [3.63, 3.8) is 0 Å².